The summed E-state index contributed by atoms with van der Waals surface area (Å²) in [6.07, 6.45) is 2.82. The van der Waals surface area contributed by atoms with E-state index in [1.54, 1.807) is 11.8 Å². The number of thioether (sulfide) groups is 1. The van der Waals surface area contributed by atoms with E-state index in [1.807, 2.05) is 49.4 Å². The molecule has 2 aromatic rings. The van der Waals surface area contributed by atoms with E-state index < -0.39 is 0 Å². The molecule has 1 amide bonds. The summed E-state index contributed by atoms with van der Waals surface area (Å²) in [5.74, 6) is 0.990. The van der Waals surface area contributed by atoms with Gasteiger partial charge in [-0.3, -0.25) is 4.79 Å². The van der Waals surface area contributed by atoms with Crippen LogP contribution in [0.2, 0.25) is 0 Å². The maximum Gasteiger partial charge on any atom is 0.233 e. The molecule has 2 aliphatic rings. The number of carbonyl (C=O) groups is 1. The molecule has 4 rings (SSSR count). The molecule has 0 bridgehead atoms. The highest BCUT2D eigenvalue weighted by atomic mass is 79.9. The van der Waals surface area contributed by atoms with Gasteiger partial charge in [0.15, 0.2) is 0 Å². The van der Waals surface area contributed by atoms with Crippen LogP contribution >= 0.6 is 27.7 Å². The lowest BCUT2D eigenvalue weighted by molar-refractivity contribution is -0.121. The molecule has 2 heterocycles. The number of piperidine rings is 1. The highest BCUT2D eigenvalue weighted by Crippen LogP contribution is 2.44. The molecule has 2 unspecified atom stereocenters. The lowest BCUT2D eigenvalue weighted by Crippen LogP contribution is -2.52. The molecule has 1 N–H and O–H groups in total. The van der Waals surface area contributed by atoms with E-state index in [-0.39, 0.29) is 22.8 Å². The number of nitrogens with one attached hydrogen (secondary N) is 1. The molecule has 1 spiro atoms. The average molecular weight is 475 g/mol. The Labute approximate surface area is 185 Å². The Kier molecular flexibility index (Phi) is 6.23. The van der Waals surface area contributed by atoms with Gasteiger partial charge in [-0.05, 0) is 57.1 Å². The van der Waals surface area contributed by atoms with Crippen molar-refractivity contribution in [1.29, 1.82) is 0 Å². The van der Waals surface area contributed by atoms with Crippen LogP contribution in [0.25, 0.3) is 0 Å². The van der Waals surface area contributed by atoms with Crippen molar-refractivity contribution in [3.8, 4) is 5.75 Å². The Balaban J connectivity index is 1.48. The van der Waals surface area contributed by atoms with Crippen molar-refractivity contribution >= 4 is 33.6 Å². The van der Waals surface area contributed by atoms with E-state index in [1.165, 1.54) is 0 Å². The Bertz CT molecular complexity index is 865. The standard InChI is InChI=1S/C23H27BrN2O2S/c1-16(29-18-9-7-17(24)8-10-18)22(27)25-20-15-23(11-13-26(2)14-12-23)28-21-6-4-3-5-19(20)21/h3-10,16,20H,11-15H2,1-2H3,(H,25,27). The number of amides is 1. The van der Waals surface area contributed by atoms with Gasteiger partial charge in [0, 0.05) is 34.4 Å². The number of ether oxygens (including phenoxy) is 1. The van der Waals surface area contributed by atoms with Gasteiger partial charge in [0.1, 0.15) is 11.4 Å². The fourth-order valence-corrected chi connectivity index (χ4v) is 5.28. The Morgan fingerprint density at radius 1 is 1.21 bits per heavy atom. The first-order chi connectivity index (χ1) is 13.9. The van der Waals surface area contributed by atoms with Crippen LogP contribution in [0.1, 0.15) is 37.8 Å². The number of para-hydroxylation sites is 1. The molecule has 154 valence electrons. The Morgan fingerprint density at radius 3 is 2.62 bits per heavy atom. The van der Waals surface area contributed by atoms with Gasteiger partial charge in [0.05, 0.1) is 11.3 Å². The molecule has 0 radical (unpaired) electrons. The topological polar surface area (TPSA) is 41.6 Å². The summed E-state index contributed by atoms with van der Waals surface area (Å²) < 4.78 is 7.54. The predicted molar refractivity (Wildman–Crippen MR) is 121 cm³/mol. The second-order valence-corrected chi connectivity index (χ2v) is 10.4. The van der Waals surface area contributed by atoms with Crippen LogP contribution in [0.15, 0.2) is 57.9 Å². The zero-order chi connectivity index (χ0) is 20.4. The highest BCUT2D eigenvalue weighted by Gasteiger charge is 2.43. The SMILES string of the molecule is CC(Sc1ccc(Br)cc1)C(=O)NC1CC2(CCN(C)CC2)Oc2ccccc21. The fourth-order valence-electron chi connectivity index (χ4n) is 4.14. The van der Waals surface area contributed by atoms with E-state index >= 15 is 0 Å². The molecule has 0 aromatic heterocycles. The molecule has 0 saturated carbocycles. The van der Waals surface area contributed by atoms with E-state index in [0.29, 0.717) is 0 Å². The van der Waals surface area contributed by atoms with E-state index in [4.69, 9.17) is 4.74 Å². The molecule has 2 atom stereocenters. The van der Waals surface area contributed by atoms with Gasteiger partial charge < -0.3 is 15.0 Å². The molecular weight excluding hydrogens is 448 g/mol. The number of likely N-dealkylation sites (tertiary alicyclic amines) is 1. The normalized spacial score (nSPS) is 21.8. The van der Waals surface area contributed by atoms with Crippen LogP contribution in [0.4, 0.5) is 0 Å². The van der Waals surface area contributed by atoms with Crippen molar-refractivity contribution in [3.63, 3.8) is 0 Å². The molecular formula is C23H27BrN2O2S. The summed E-state index contributed by atoms with van der Waals surface area (Å²) in [5.41, 5.74) is 0.909. The third kappa shape index (κ3) is 4.81. The number of carbonyl (C=O) groups excluding carboxylic acids is 1. The average Bonchev–Trinajstić information content (AvgIpc) is 2.72. The maximum absolute atomic E-state index is 13.0. The number of benzene rings is 2. The van der Waals surface area contributed by atoms with E-state index in [0.717, 1.165) is 53.0 Å². The van der Waals surface area contributed by atoms with Crippen molar-refractivity contribution < 1.29 is 9.53 Å². The molecule has 1 saturated heterocycles. The number of nitrogens with zero attached hydrogens (tertiary/aromatic N) is 1. The minimum Gasteiger partial charge on any atom is -0.487 e. The van der Waals surface area contributed by atoms with Gasteiger partial charge in [-0.15, -0.1) is 11.8 Å². The van der Waals surface area contributed by atoms with Crippen LogP contribution in [0.3, 0.4) is 0 Å². The Hall–Kier alpha value is -1.50. The zero-order valence-corrected chi connectivity index (χ0v) is 19.3. The van der Waals surface area contributed by atoms with Crippen LogP contribution in [0.5, 0.6) is 5.75 Å². The van der Waals surface area contributed by atoms with Crippen molar-refractivity contribution in [2.24, 2.45) is 0 Å². The minimum atomic E-state index is -0.180. The fraction of sp³-hybridized carbons (Fsp3) is 0.435. The number of hydrogen-bond acceptors (Lipinski definition) is 4. The summed E-state index contributed by atoms with van der Waals surface area (Å²) in [7, 11) is 2.16. The summed E-state index contributed by atoms with van der Waals surface area (Å²) in [6, 6.07) is 16.2. The second kappa shape index (κ2) is 8.70. The largest absolute Gasteiger partial charge is 0.487 e. The first-order valence-corrected chi connectivity index (χ1v) is 11.8. The lowest BCUT2D eigenvalue weighted by Gasteiger charge is -2.46. The summed E-state index contributed by atoms with van der Waals surface area (Å²) in [5, 5.41) is 3.16. The quantitative estimate of drug-likeness (QED) is 0.630. The maximum atomic E-state index is 13.0. The van der Waals surface area contributed by atoms with E-state index in [9.17, 15) is 4.79 Å². The van der Waals surface area contributed by atoms with Gasteiger partial charge in [-0.1, -0.05) is 34.1 Å². The van der Waals surface area contributed by atoms with Crippen molar-refractivity contribution in [1.82, 2.24) is 10.2 Å². The number of hydrogen-bond donors (Lipinski definition) is 1. The van der Waals surface area contributed by atoms with Crippen LogP contribution in [-0.2, 0) is 4.79 Å². The van der Waals surface area contributed by atoms with Crippen molar-refractivity contribution in [2.45, 2.75) is 48.0 Å². The van der Waals surface area contributed by atoms with Crippen molar-refractivity contribution in [2.75, 3.05) is 20.1 Å². The number of rotatable bonds is 4. The monoisotopic (exact) mass is 474 g/mol. The van der Waals surface area contributed by atoms with Gasteiger partial charge >= 0.3 is 0 Å². The molecule has 6 heteroatoms. The molecule has 1 fully saturated rings. The summed E-state index contributed by atoms with van der Waals surface area (Å²) in [4.78, 5) is 16.5. The van der Waals surface area contributed by atoms with Crippen LogP contribution in [-0.4, -0.2) is 41.8 Å². The third-order valence-electron chi connectivity index (χ3n) is 5.91. The second-order valence-electron chi connectivity index (χ2n) is 8.11. The molecule has 2 aromatic carbocycles. The smallest absolute Gasteiger partial charge is 0.233 e. The van der Waals surface area contributed by atoms with Gasteiger partial charge in [0.2, 0.25) is 5.91 Å². The zero-order valence-electron chi connectivity index (χ0n) is 16.9. The Morgan fingerprint density at radius 2 is 1.90 bits per heavy atom. The summed E-state index contributed by atoms with van der Waals surface area (Å²) >= 11 is 5.04. The first kappa shape index (κ1) is 20.8. The number of fused-ring (bicyclic) bond motifs is 1. The van der Waals surface area contributed by atoms with E-state index in [2.05, 4.69) is 39.3 Å². The molecule has 0 aliphatic carbocycles. The first-order valence-electron chi connectivity index (χ1n) is 10.1. The van der Waals surface area contributed by atoms with Gasteiger partial charge in [-0.25, -0.2) is 0 Å². The molecule has 4 nitrogen and oxygen atoms in total. The van der Waals surface area contributed by atoms with Gasteiger partial charge in [0.25, 0.3) is 0 Å². The van der Waals surface area contributed by atoms with Gasteiger partial charge in [-0.2, -0.15) is 0 Å². The minimum absolute atomic E-state index is 0.0103. The van der Waals surface area contributed by atoms with Crippen LogP contribution < -0.4 is 10.1 Å². The van der Waals surface area contributed by atoms with Crippen LogP contribution in [0, 0.1) is 0 Å². The van der Waals surface area contributed by atoms with Crippen molar-refractivity contribution in [3.05, 3.63) is 58.6 Å². The predicted octanol–water partition coefficient (Wildman–Crippen LogP) is 5.03. The molecule has 2 aliphatic heterocycles. The summed E-state index contributed by atoms with van der Waals surface area (Å²) in [6.45, 7) is 4.02. The number of halogens is 1. The third-order valence-corrected chi connectivity index (χ3v) is 7.55. The molecule has 29 heavy (non-hydrogen) atoms. The lowest BCUT2D eigenvalue weighted by atomic mass is 9.80. The highest BCUT2D eigenvalue weighted by molar-refractivity contribution is 9.10.